The SMILES string of the molecule is O=S(=O)(O)C(F)(F)F.O=S(=O)(O)C(F)(F)F.O=S(=O)(O)C(F)(F)F.O=S(=O)(O)C(F)(F)F.O=S(=O)(O)C(F)(F)F.O=S(=O)(O)C(F)(F)F.[Al+3].[O-]c1cc(F)cc(F)c1.[O-]c1cc(F)cc(F)c1.[O-]c1cc(F)cc(F)c1. The number of rotatable bonds is 0. The summed E-state index contributed by atoms with van der Waals surface area (Å²) < 4.78 is 417. The first-order valence-electron chi connectivity index (χ1n) is 14.7. The van der Waals surface area contributed by atoms with Gasteiger partial charge in [-0.15, -0.1) is 17.2 Å². The van der Waals surface area contributed by atoms with Crippen molar-refractivity contribution in [2.75, 3.05) is 0 Å². The van der Waals surface area contributed by atoms with Gasteiger partial charge in [0.15, 0.2) is 0 Å². The summed E-state index contributed by atoms with van der Waals surface area (Å²) in [6.07, 6.45) is 0. The van der Waals surface area contributed by atoms with Crippen LogP contribution >= 0.6 is 0 Å². The average molecular weight is 1310 g/mol. The Morgan fingerprint density at radius 2 is 0.316 bits per heavy atom. The molecule has 0 bridgehead atoms. The van der Waals surface area contributed by atoms with Crippen molar-refractivity contribution >= 4 is 78.1 Å². The van der Waals surface area contributed by atoms with Gasteiger partial charge in [-0.1, -0.05) is 0 Å². The molecule has 3 rings (SSSR count). The van der Waals surface area contributed by atoms with Crippen molar-refractivity contribution in [1.82, 2.24) is 0 Å². The third-order valence-corrected chi connectivity index (χ3v) is 7.77. The van der Waals surface area contributed by atoms with Gasteiger partial charge in [-0.25, -0.2) is 26.3 Å². The van der Waals surface area contributed by atoms with Crippen LogP contribution in [0, 0.1) is 34.9 Å². The van der Waals surface area contributed by atoms with Crippen LogP contribution in [0.3, 0.4) is 0 Å². The summed E-state index contributed by atoms with van der Waals surface area (Å²) in [6.45, 7) is 0. The maximum absolute atomic E-state index is 12.0. The van der Waals surface area contributed by atoms with Gasteiger partial charge in [0, 0.05) is 18.2 Å². The first-order chi connectivity index (χ1) is 32.0. The zero-order valence-corrected chi connectivity index (χ0v) is 39.7. The smallest absolute Gasteiger partial charge is 0.872 e. The Bertz CT molecular complexity index is 2350. The van der Waals surface area contributed by atoms with E-state index in [2.05, 4.69) is 0 Å². The van der Waals surface area contributed by atoms with E-state index in [-0.39, 0.29) is 17.4 Å². The van der Waals surface area contributed by atoms with E-state index in [0.717, 1.165) is 36.4 Å². The predicted octanol–water partition coefficient (Wildman–Crippen LogP) is 5.10. The molecule has 0 saturated heterocycles. The number of hydrogen-bond donors (Lipinski definition) is 6. The Morgan fingerprint density at radius 3 is 0.355 bits per heavy atom. The maximum atomic E-state index is 12.0. The minimum absolute atomic E-state index is 0. The van der Waals surface area contributed by atoms with Crippen LogP contribution in [0.1, 0.15) is 0 Å². The van der Waals surface area contributed by atoms with E-state index in [1.165, 1.54) is 0 Å². The van der Waals surface area contributed by atoms with Crippen LogP contribution < -0.4 is 15.3 Å². The second kappa shape index (κ2) is 31.7. The molecule has 0 amide bonds. The van der Waals surface area contributed by atoms with E-state index in [0.29, 0.717) is 18.2 Å². The Kier molecular flexibility index (Phi) is 35.6. The molecule has 0 heterocycles. The van der Waals surface area contributed by atoms with Crippen LogP contribution in [0.4, 0.5) is 105 Å². The van der Waals surface area contributed by atoms with Crippen molar-refractivity contribution in [3.63, 3.8) is 0 Å². The second-order valence-electron chi connectivity index (χ2n) is 10.3. The molecule has 0 spiro atoms. The minimum atomic E-state index is -5.84. The Morgan fingerprint density at radius 1 is 0.250 bits per heavy atom. The molecule has 76 heavy (non-hydrogen) atoms. The van der Waals surface area contributed by atoms with E-state index in [1.54, 1.807) is 0 Å². The van der Waals surface area contributed by atoms with Crippen molar-refractivity contribution in [1.29, 1.82) is 0 Å². The third-order valence-electron chi connectivity index (χ3n) is 4.26. The normalized spacial score (nSPS) is 12.2. The Labute approximate surface area is 415 Å². The zero-order chi connectivity index (χ0) is 62.6. The standard InChI is InChI=1S/3C6H4F2O.6CHF3O3S.Al/c3*7-4-1-5(8)3-6(9)2-4;6*2-1(3,4)8(5,6)7;/h3*1-3,9H;6*(H,5,6,7);/q;;;;;;;;;+3/p-3. The number of alkyl halides is 18. The maximum Gasteiger partial charge on any atom is 3.00 e. The fourth-order valence-electron chi connectivity index (χ4n) is 1.59. The van der Waals surface area contributed by atoms with Gasteiger partial charge in [-0.2, -0.15) is 130 Å². The second-order valence-corrected chi connectivity index (χ2v) is 18.8. The molecule has 0 unspecified atom stereocenters. The Hall–Kier alpha value is -4.63. The fraction of sp³-hybridized carbons (Fsp3) is 0.250. The Balaban J connectivity index is -0.000000141. The van der Waals surface area contributed by atoms with Crippen LogP contribution in [0.25, 0.3) is 0 Å². The molecule has 0 fully saturated rings. The topological polar surface area (TPSA) is 395 Å². The van der Waals surface area contributed by atoms with Gasteiger partial charge < -0.3 is 15.3 Å². The summed E-state index contributed by atoms with van der Waals surface area (Å²) in [6, 6.07) is 6.31. The molecule has 6 N–H and O–H groups in total. The summed E-state index contributed by atoms with van der Waals surface area (Å²) in [5.41, 5.74) is -33.2. The molecule has 0 aliphatic heterocycles. The van der Waals surface area contributed by atoms with E-state index in [4.69, 9.17) is 77.8 Å². The molecule has 0 aliphatic carbocycles. The third kappa shape index (κ3) is 44.5. The first-order valence-corrected chi connectivity index (χ1v) is 23.3. The van der Waals surface area contributed by atoms with Crippen molar-refractivity contribution in [3.05, 3.63) is 89.5 Å². The van der Waals surface area contributed by atoms with E-state index in [1.807, 2.05) is 0 Å². The van der Waals surface area contributed by atoms with E-state index >= 15 is 0 Å². The fourth-order valence-corrected chi connectivity index (χ4v) is 1.59. The van der Waals surface area contributed by atoms with E-state index < -0.39 is 146 Å². The molecule has 0 aromatic heterocycles. The minimum Gasteiger partial charge on any atom is -0.872 e. The summed E-state index contributed by atoms with van der Waals surface area (Å²) in [4.78, 5) is 0. The van der Waals surface area contributed by atoms with Gasteiger partial charge in [0.2, 0.25) is 0 Å². The quantitative estimate of drug-likeness (QED) is 0.0738. The summed E-state index contributed by atoms with van der Waals surface area (Å²) in [5, 5.41) is 30.7. The van der Waals surface area contributed by atoms with Gasteiger partial charge in [-0.05, 0) is 36.4 Å². The number of hydrogen-bond acceptors (Lipinski definition) is 15. The van der Waals surface area contributed by atoms with Gasteiger partial charge in [0.05, 0.1) is 0 Å². The zero-order valence-electron chi connectivity index (χ0n) is 33.6. The molecular formula is C24H15AlF24O21S6. The molecule has 0 saturated carbocycles. The summed E-state index contributed by atoms with van der Waals surface area (Å²) in [5.74, 6) is -6.94. The molecule has 444 valence electrons. The van der Waals surface area contributed by atoms with Crippen molar-refractivity contribution in [2.24, 2.45) is 0 Å². The van der Waals surface area contributed by atoms with Crippen LogP contribution in [0.15, 0.2) is 54.6 Å². The van der Waals surface area contributed by atoms with Crippen molar-refractivity contribution in [3.8, 4) is 17.2 Å². The number of benzene rings is 3. The molecule has 3 aromatic rings. The number of halogens is 24. The molecule has 21 nitrogen and oxygen atoms in total. The molecular weight excluding hydrogens is 1300 g/mol. The van der Waals surface area contributed by atoms with Crippen LogP contribution in [0.2, 0.25) is 0 Å². The average Bonchev–Trinajstić information content (AvgIpc) is 3.03. The first kappa shape index (κ1) is 85.3. The van der Waals surface area contributed by atoms with Gasteiger partial charge in [0.1, 0.15) is 34.9 Å². The molecule has 0 atom stereocenters. The van der Waals surface area contributed by atoms with E-state index in [9.17, 15) is 121 Å². The molecule has 0 radical (unpaired) electrons. The van der Waals surface area contributed by atoms with Crippen LogP contribution in [0.5, 0.6) is 17.2 Å². The largest absolute Gasteiger partial charge is 3.00 e. The van der Waals surface area contributed by atoms with Gasteiger partial charge in [-0.3, -0.25) is 27.3 Å². The summed E-state index contributed by atoms with van der Waals surface area (Å²) >= 11 is 0. The van der Waals surface area contributed by atoms with Crippen LogP contribution in [-0.4, -0.2) is 128 Å². The summed E-state index contributed by atoms with van der Waals surface area (Å²) in [7, 11) is -35.0. The monoisotopic (exact) mass is 1310 g/mol. The van der Waals surface area contributed by atoms with Crippen LogP contribution in [-0.2, 0) is 60.7 Å². The van der Waals surface area contributed by atoms with Gasteiger partial charge >= 0.3 is 111 Å². The van der Waals surface area contributed by atoms with Crippen molar-refractivity contribution < 1.29 is 199 Å². The molecule has 52 heteroatoms. The predicted molar refractivity (Wildman–Crippen MR) is 189 cm³/mol. The van der Waals surface area contributed by atoms with Crippen molar-refractivity contribution in [2.45, 2.75) is 33.0 Å². The molecule has 3 aromatic carbocycles. The molecule has 0 aliphatic rings. The van der Waals surface area contributed by atoms with Gasteiger partial charge in [0.25, 0.3) is 0 Å².